The molecule has 4 rings (SSSR count). The summed E-state index contributed by atoms with van der Waals surface area (Å²) in [7, 11) is 2.07. The van der Waals surface area contributed by atoms with Crippen molar-refractivity contribution >= 4 is 35.0 Å². The molecule has 0 aromatic heterocycles. The summed E-state index contributed by atoms with van der Waals surface area (Å²) in [6, 6.07) is 26.5. The molecule has 25 heavy (non-hydrogen) atoms. The average molecular weight is 343 g/mol. The molecule has 0 bridgehead atoms. The number of thioether (sulfide) groups is 1. The zero-order valence-electron chi connectivity index (χ0n) is 13.8. The molecule has 1 heterocycles. The van der Waals surface area contributed by atoms with Crippen molar-refractivity contribution in [3.63, 3.8) is 0 Å². The summed E-state index contributed by atoms with van der Waals surface area (Å²) < 4.78 is 0. The van der Waals surface area contributed by atoms with Gasteiger partial charge < -0.3 is 4.90 Å². The van der Waals surface area contributed by atoms with E-state index in [9.17, 15) is 4.79 Å². The van der Waals surface area contributed by atoms with Crippen molar-refractivity contribution in [2.24, 2.45) is 0 Å². The molecule has 0 spiro atoms. The lowest BCUT2D eigenvalue weighted by atomic mass is 9.90. The van der Waals surface area contributed by atoms with Crippen LogP contribution in [0.25, 0.3) is 5.57 Å². The van der Waals surface area contributed by atoms with Gasteiger partial charge in [-0.1, -0.05) is 66.4 Å². The third-order valence-corrected chi connectivity index (χ3v) is 5.42. The van der Waals surface area contributed by atoms with Crippen molar-refractivity contribution in [1.82, 2.24) is 0 Å². The van der Waals surface area contributed by atoms with Gasteiger partial charge in [0, 0.05) is 40.0 Å². The van der Waals surface area contributed by atoms with Crippen LogP contribution in [-0.4, -0.2) is 13.3 Å². The molecular formula is C22H17NOS. The van der Waals surface area contributed by atoms with Crippen LogP contribution in [0.2, 0.25) is 0 Å². The van der Waals surface area contributed by atoms with E-state index < -0.39 is 0 Å². The van der Waals surface area contributed by atoms with E-state index in [1.54, 1.807) is 0 Å². The van der Waals surface area contributed by atoms with Gasteiger partial charge in [0.1, 0.15) is 0 Å². The van der Waals surface area contributed by atoms with Gasteiger partial charge in [0.25, 0.3) is 0 Å². The maximum atomic E-state index is 12.0. The van der Waals surface area contributed by atoms with Crippen LogP contribution in [0.15, 0.2) is 88.7 Å². The maximum absolute atomic E-state index is 12.0. The van der Waals surface area contributed by atoms with Crippen molar-refractivity contribution < 1.29 is 4.79 Å². The molecule has 0 unspecified atom stereocenters. The Bertz CT molecular complexity index is 913. The number of nitrogens with zero attached hydrogens (tertiary/aromatic N) is 1. The van der Waals surface area contributed by atoms with E-state index in [1.807, 2.05) is 54.6 Å². The molecule has 3 aromatic carbocycles. The Hall–Kier alpha value is -2.78. The van der Waals surface area contributed by atoms with Gasteiger partial charge in [0.15, 0.2) is 6.29 Å². The fourth-order valence-corrected chi connectivity index (χ4v) is 4.16. The van der Waals surface area contributed by atoms with E-state index in [2.05, 4.69) is 36.2 Å². The molecule has 122 valence electrons. The zero-order valence-corrected chi connectivity index (χ0v) is 14.7. The van der Waals surface area contributed by atoms with Crippen LogP contribution in [-0.2, 0) is 4.79 Å². The number of anilines is 2. The van der Waals surface area contributed by atoms with E-state index in [0.717, 1.165) is 44.2 Å². The highest BCUT2D eigenvalue weighted by Crippen LogP contribution is 2.47. The second-order valence-corrected chi connectivity index (χ2v) is 6.98. The number of rotatable bonds is 3. The minimum absolute atomic E-state index is 0.735. The zero-order chi connectivity index (χ0) is 17.2. The van der Waals surface area contributed by atoms with Crippen LogP contribution in [0.4, 0.5) is 11.4 Å². The van der Waals surface area contributed by atoms with Crippen molar-refractivity contribution in [2.75, 3.05) is 11.9 Å². The molecule has 1 aliphatic heterocycles. The van der Waals surface area contributed by atoms with Gasteiger partial charge >= 0.3 is 0 Å². The molecule has 3 heteroatoms. The number of para-hydroxylation sites is 2. The first-order valence-corrected chi connectivity index (χ1v) is 8.96. The summed E-state index contributed by atoms with van der Waals surface area (Å²) >= 11 is 1.52. The SMILES string of the molecule is CN1c2ccccc2C(=C(C=O)Sc2ccccc2)c2ccccc21. The van der Waals surface area contributed by atoms with Crippen molar-refractivity contribution in [1.29, 1.82) is 0 Å². The van der Waals surface area contributed by atoms with Gasteiger partial charge in [-0.15, -0.1) is 0 Å². The molecule has 0 N–H and O–H groups in total. The maximum Gasteiger partial charge on any atom is 0.157 e. The molecule has 3 aromatic rings. The Balaban J connectivity index is 1.96. The van der Waals surface area contributed by atoms with Crippen LogP contribution in [0.5, 0.6) is 0 Å². The number of benzene rings is 3. The number of allylic oxidation sites excluding steroid dienone is 1. The number of carbonyl (C=O) groups is 1. The van der Waals surface area contributed by atoms with Gasteiger partial charge in [-0.05, 0) is 24.3 Å². The Kier molecular flexibility index (Phi) is 4.16. The highest BCUT2D eigenvalue weighted by molar-refractivity contribution is 8.04. The summed E-state index contributed by atoms with van der Waals surface area (Å²) in [6.07, 6.45) is 0.978. The van der Waals surface area contributed by atoms with Crippen LogP contribution < -0.4 is 4.90 Å². The molecule has 0 fully saturated rings. The minimum atomic E-state index is 0.735. The Morgan fingerprint density at radius 1 is 0.800 bits per heavy atom. The number of hydrogen-bond donors (Lipinski definition) is 0. The second-order valence-electron chi connectivity index (χ2n) is 5.87. The standard InChI is InChI=1S/C22H17NOS/c1-23-19-13-7-5-11-17(19)22(18-12-6-8-14-20(18)23)21(15-24)25-16-9-3-2-4-10-16/h2-15H,1H3. The molecule has 0 amide bonds. The quantitative estimate of drug-likeness (QED) is 0.355. The van der Waals surface area contributed by atoms with Gasteiger partial charge in [0.05, 0.1) is 4.91 Å². The van der Waals surface area contributed by atoms with Gasteiger partial charge in [-0.2, -0.15) is 0 Å². The lowest BCUT2D eigenvalue weighted by Crippen LogP contribution is -2.18. The van der Waals surface area contributed by atoms with Crippen molar-refractivity contribution in [2.45, 2.75) is 4.90 Å². The summed E-state index contributed by atoms with van der Waals surface area (Å²) in [5.41, 5.74) is 5.42. The lowest BCUT2D eigenvalue weighted by molar-refractivity contribution is -0.104. The summed E-state index contributed by atoms with van der Waals surface area (Å²) in [5, 5.41) is 0. The number of carbonyl (C=O) groups excluding carboxylic acids is 1. The average Bonchev–Trinajstić information content (AvgIpc) is 2.68. The van der Waals surface area contributed by atoms with Crippen LogP contribution >= 0.6 is 11.8 Å². The third-order valence-electron chi connectivity index (χ3n) is 4.39. The van der Waals surface area contributed by atoms with Crippen molar-refractivity contribution in [3.05, 3.63) is 94.9 Å². The van der Waals surface area contributed by atoms with Gasteiger partial charge in [-0.25, -0.2) is 0 Å². The van der Waals surface area contributed by atoms with E-state index in [-0.39, 0.29) is 0 Å². The highest BCUT2D eigenvalue weighted by Gasteiger charge is 2.26. The first-order chi connectivity index (χ1) is 12.3. The molecule has 0 saturated carbocycles. The minimum Gasteiger partial charge on any atom is -0.344 e. The molecular weight excluding hydrogens is 326 g/mol. The van der Waals surface area contributed by atoms with Crippen LogP contribution in [0.1, 0.15) is 11.1 Å². The van der Waals surface area contributed by atoms with Gasteiger partial charge in [0.2, 0.25) is 0 Å². The van der Waals surface area contributed by atoms with Gasteiger partial charge in [-0.3, -0.25) is 4.79 Å². The Morgan fingerprint density at radius 2 is 1.32 bits per heavy atom. The summed E-state index contributed by atoms with van der Waals surface area (Å²) in [4.78, 5) is 16.0. The number of aldehydes is 1. The number of fused-ring (bicyclic) bond motifs is 2. The number of hydrogen-bond acceptors (Lipinski definition) is 3. The highest BCUT2D eigenvalue weighted by atomic mass is 32.2. The first kappa shape index (κ1) is 15.7. The molecule has 0 radical (unpaired) electrons. The predicted octanol–water partition coefficient (Wildman–Crippen LogP) is 5.52. The van der Waals surface area contributed by atoms with E-state index in [1.165, 1.54) is 11.8 Å². The van der Waals surface area contributed by atoms with E-state index >= 15 is 0 Å². The predicted molar refractivity (Wildman–Crippen MR) is 105 cm³/mol. The monoisotopic (exact) mass is 343 g/mol. The Labute approximate surface area is 151 Å². The van der Waals surface area contributed by atoms with Crippen molar-refractivity contribution in [3.8, 4) is 0 Å². The first-order valence-electron chi connectivity index (χ1n) is 8.14. The fraction of sp³-hybridized carbons (Fsp3) is 0.0455. The third kappa shape index (κ3) is 2.77. The summed E-state index contributed by atoms with van der Waals surface area (Å²) in [6.45, 7) is 0. The summed E-state index contributed by atoms with van der Waals surface area (Å²) in [5.74, 6) is 0. The molecule has 2 nitrogen and oxygen atoms in total. The molecule has 1 aliphatic rings. The second kappa shape index (κ2) is 6.61. The van der Waals surface area contributed by atoms with E-state index in [0.29, 0.717) is 0 Å². The largest absolute Gasteiger partial charge is 0.344 e. The molecule has 0 aliphatic carbocycles. The molecule has 0 saturated heterocycles. The Morgan fingerprint density at radius 3 is 1.88 bits per heavy atom. The topological polar surface area (TPSA) is 20.3 Å². The smallest absolute Gasteiger partial charge is 0.157 e. The van der Waals surface area contributed by atoms with Crippen LogP contribution in [0, 0.1) is 0 Å². The fourth-order valence-electron chi connectivity index (χ4n) is 3.24. The van der Waals surface area contributed by atoms with Crippen LogP contribution in [0.3, 0.4) is 0 Å². The molecule has 0 atom stereocenters. The normalized spacial score (nSPS) is 12.4. The lowest BCUT2D eigenvalue weighted by Gasteiger charge is -2.32. The van der Waals surface area contributed by atoms with E-state index in [4.69, 9.17) is 0 Å².